The molecule has 38 heavy (non-hydrogen) atoms. The fourth-order valence-corrected chi connectivity index (χ4v) is 5.93. The molecule has 2 aromatic rings. The standard InChI is InChI=1S/C30H31BrN4O3/c1-3-4-5-6-7-8-17-36-25-15-9-22(10-16-25)26-28(18-32,19-33)29(20-34)21(2)30(37-26,38-27(29)35)23-11-13-24(31)14-12-23/h9-16,21,26,35H,3-8,17H2,1-2H3. The minimum Gasteiger partial charge on any atom is -0.494 e. The van der Waals surface area contributed by atoms with Crippen molar-refractivity contribution in [1.29, 1.82) is 21.2 Å². The number of fused-ring (bicyclic) bond motifs is 2. The van der Waals surface area contributed by atoms with Gasteiger partial charge in [0, 0.05) is 10.0 Å². The van der Waals surface area contributed by atoms with Crippen molar-refractivity contribution >= 4 is 21.8 Å². The molecule has 0 aromatic heterocycles. The van der Waals surface area contributed by atoms with Crippen molar-refractivity contribution in [2.24, 2.45) is 16.7 Å². The summed E-state index contributed by atoms with van der Waals surface area (Å²) in [7, 11) is 0. The summed E-state index contributed by atoms with van der Waals surface area (Å²) in [6, 6.07) is 20.6. The molecule has 2 aliphatic rings. The number of benzene rings is 2. The summed E-state index contributed by atoms with van der Waals surface area (Å²) in [5.74, 6) is -2.07. The van der Waals surface area contributed by atoms with Gasteiger partial charge in [0.15, 0.2) is 5.41 Å². The number of hydrogen-bond donors (Lipinski definition) is 1. The first-order valence-corrected chi connectivity index (χ1v) is 13.8. The number of halogens is 1. The van der Waals surface area contributed by atoms with Gasteiger partial charge in [-0.2, -0.15) is 15.8 Å². The second-order valence-corrected chi connectivity index (χ2v) is 10.9. The van der Waals surface area contributed by atoms with Gasteiger partial charge in [0.2, 0.25) is 17.1 Å². The highest BCUT2D eigenvalue weighted by Crippen LogP contribution is 2.69. The lowest BCUT2D eigenvalue weighted by molar-refractivity contribution is -0.288. The fourth-order valence-electron chi connectivity index (χ4n) is 5.66. The van der Waals surface area contributed by atoms with Crippen LogP contribution < -0.4 is 4.74 Å². The van der Waals surface area contributed by atoms with E-state index >= 15 is 0 Å². The molecule has 2 fully saturated rings. The van der Waals surface area contributed by atoms with E-state index in [2.05, 4.69) is 41.1 Å². The van der Waals surface area contributed by atoms with Gasteiger partial charge in [-0.1, -0.05) is 86.1 Å². The van der Waals surface area contributed by atoms with Crippen LogP contribution in [0, 0.1) is 56.2 Å². The van der Waals surface area contributed by atoms with Gasteiger partial charge in [-0.25, -0.2) is 0 Å². The number of unbranched alkanes of at least 4 members (excludes halogenated alkanes) is 5. The Balaban J connectivity index is 1.66. The Bertz CT molecular complexity index is 1280. The highest BCUT2D eigenvalue weighted by atomic mass is 79.9. The van der Waals surface area contributed by atoms with E-state index in [0.717, 1.165) is 17.3 Å². The van der Waals surface area contributed by atoms with E-state index < -0.39 is 34.5 Å². The molecule has 0 radical (unpaired) electrons. The molecule has 8 heteroatoms. The van der Waals surface area contributed by atoms with Crippen LogP contribution >= 0.6 is 15.9 Å². The average molecular weight is 576 g/mol. The molecule has 4 unspecified atom stereocenters. The van der Waals surface area contributed by atoms with E-state index in [-0.39, 0.29) is 0 Å². The third-order valence-corrected chi connectivity index (χ3v) is 8.39. The molecule has 0 aliphatic carbocycles. The normalized spacial score (nSPS) is 27.0. The lowest BCUT2D eigenvalue weighted by Gasteiger charge is -2.48. The number of rotatable bonds is 10. The van der Waals surface area contributed by atoms with E-state index in [4.69, 9.17) is 19.6 Å². The van der Waals surface area contributed by atoms with Crippen molar-refractivity contribution in [3.63, 3.8) is 0 Å². The van der Waals surface area contributed by atoms with Gasteiger partial charge in [-0.3, -0.25) is 5.41 Å². The van der Waals surface area contributed by atoms with E-state index in [9.17, 15) is 15.8 Å². The molecule has 0 saturated carbocycles. The Kier molecular flexibility index (Phi) is 8.12. The average Bonchev–Trinajstić information content (AvgIpc) is 3.09. The van der Waals surface area contributed by atoms with Crippen LogP contribution in [-0.4, -0.2) is 12.5 Å². The second kappa shape index (κ2) is 11.2. The third-order valence-electron chi connectivity index (χ3n) is 7.86. The molecule has 2 aliphatic heterocycles. The quantitative estimate of drug-likeness (QED) is 0.297. The lowest BCUT2D eigenvalue weighted by Crippen LogP contribution is -2.57. The largest absolute Gasteiger partial charge is 0.494 e. The molecule has 1 N–H and O–H groups in total. The molecule has 0 spiro atoms. The van der Waals surface area contributed by atoms with Crippen LogP contribution in [0.4, 0.5) is 0 Å². The topological polar surface area (TPSA) is 123 Å². The zero-order chi connectivity index (χ0) is 27.4. The Morgan fingerprint density at radius 3 is 2.16 bits per heavy atom. The van der Waals surface area contributed by atoms with Gasteiger partial charge < -0.3 is 14.2 Å². The van der Waals surface area contributed by atoms with E-state index in [1.165, 1.54) is 25.7 Å². The first-order chi connectivity index (χ1) is 18.3. The molecule has 4 rings (SSSR count). The van der Waals surface area contributed by atoms with Gasteiger partial charge >= 0.3 is 0 Å². The summed E-state index contributed by atoms with van der Waals surface area (Å²) >= 11 is 3.43. The zero-order valence-corrected chi connectivity index (χ0v) is 23.3. The van der Waals surface area contributed by atoms with Crippen LogP contribution in [0.2, 0.25) is 0 Å². The maximum Gasteiger partial charge on any atom is 0.244 e. The minimum atomic E-state index is -2.01. The molecule has 196 valence electrons. The molecule has 2 saturated heterocycles. The molecule has 0 amide bonds. The summed E-state index contributed by atoms with van der Waals surface area (Å²) in [5, 5.41) is 40.0. The summed E-state index contributed by atoms with van der Waals surface area (Å²) in [6.45, 7) is 4.51. The summed E-state index contributed by atoms with van der Waals surface area (Å²) in [4.78, 5) is 0. The van der Waals surface area contributed by atoms with Crippen LogP contribution in [0.3, 0.4) is 0 Å². The molecule has 4 atom stereocenters. The molecule has 2 bridgehead atoms. The van der Waals surface area contributed by atoms with Crippen molar-refractivity contribution in [2.45, 2.75) is 64.3 Å². The first-order valence-electron chi connectivity index (χ1n) is 13.0. The number of nitrogens with zero attached hydrogens (tertiary/aromatic N) is 3. The van der Waals surface area contributed by atoms with Crippen molar-refractivity contribution < 1.29 is 14.2 Å². The van der Waals surface area contributed by atoms with Crippen molar-refractivity contribution in [3.05, 3.63) is 64.1 Å². The van der Waals surface area contributed by atoms with E-state index in [0.29, 0.717) is 23.5 Å². The summed E-state index contributed by atoms with van der Waals surface area (Å²) in [5.41, 5.74) is -2.71. The smallest absolute Gasteiger partial charge is 0.244 e. The SMILES string of the molecule is CCCCCCCCOc1ccc(C2OC3(c4ccc(Br)cc4)OC(=N)C(C#N)(C3C)C2(C#N)C#N)cc1. The molecule has 7 nitrogen and oxygen atoms in total. The molecular formula is C30H31BrN4O3. The lowest BCUT2D eigenvalue weighted by atomic mass is 9.53. The molecular weight excluding hydrogens is 544 g/mol. The van der Waals surface area contributed by atoms with Gasteiger partial charge in [0.1, 0.15) is 11.9 Å². The number of nitrogens with one attached hydrogen (secondary N) is 1. The first kappa shape index (κ1) is 27.6. The monoisotopic (exact) mass is 574 g/mol. The maximum absolute atomic E-state index is 10.5. The number of ether oxygens (including phenoxy) is 3. The van der Waals surface area contributed by atoms with Crippen molar-refractivity contribution in [2.75, 3.05) is 6.61 Å². The van der Waals surface area contributed by atoms with Crippen molar-refractivity contribution in [3.8, 4) is 24.0 Å². The summed E-state index contributed by atoms with van der Waals surface area (Å²) in [6.07, 6.45) is 5.89. The van der Waals surface area contributed by atoms with Crippen LogP contribution in [0.5, 0.6) is 5.75 Å². The van der Waals surface area contributed by atoms with E-state index in [1.807, 2.05) is 12.1 Å². The second-order valence-electron chi connectivity index (χ2n) is 9.96. The Hall–Kier alpha value is -3.38. The predicted octanol–water partition coefficient (Wildman–Crippen LogP) is 7.30. The van der Waals surface area contributed by atoms with Gasteiger partial charge in [0.25, 0.3) is 0 Å². The van der Waals surface area contributed by atoms with Crippen LogP contribution in [0.1, 0.15) is 69.6 Å². The Labute approximate surface area is 232 Å². The molecule has 2 aromatic carbocycles. The highest BCUT2D eigenvalue weighted by Gasteiger charge is 2.79. The zero-order valence-electron chi connectivity index (χ0n) is 21.7. The molecule has 2 heterocycles. The van der Waals surface area contributed by atoms with Gasteiger partial charge in [0.05, 0.1) is 30.7 Å². The highest BCUT2D eigenvalue weighted by molar-refractivity contribution is 9.10. The summed E-state index contributed by atoms with van der Waals surface area (Å²) < 4.78 is 19.3. The predicted molar refractivity (Wildman–Crippen MR) is 145 cm³/mol. The maximum atomic E-state index is 10.5. The Morgan fingerprint density at radius 2 is 1.55 bits per heavy atom. The number of hydrogen-bond acceptors (Lipinski definition) is 7. The van der Waals surface area contributed by atoms with Gasteiger partial charge in [-0.05, 0) is 36.2 Å². The van der Waals surface area contributed by atoms with E-state index in [1.54, 1.807) is 43.3 Å². The minimum absolute atomic E-state index is 0.431. The van der Waals surface area contributed by atoms with Crippen LogP contribution in [0.15, 0.2) is 53.0 Å². The van der Waals surface area contributed by atoms with Crippen LogP contribution in [0.25, 0.3) is 0 Å². The fraction of sp³-hybridized carbons (Fsp3) is 0.467. The van der Waals surface area contributed by atoms with Gasteiger partial charge in [-0.15, -0.1) is 0 Å². The number of nitriles is 3. The van der Waals surface area contributed by atoms with Crippen LogP contribution in [-0.2, 0) is 15.3 Å². The Morgan fingerprint density at radius 1 is 0.921 bits per heavy atom. The van der Waals surface area contributed by atoms with Crippen molar-refractivity contribution in [1.82, 2.24) is 0 Å². The third kappa shape index (κ3) is 4.25.